The molecule has 0 saturated carbocycles. The summed E-state index contributed by atoms with van der Waals surface area (Å²) in [5, 5.41) is 3.12. The van der Waals surface area contributed by atoms with Gasteiger partial charge in [-0.1, -0.05) is 75.7 Å². The fourth-order valence-electron chi connectivity index (χ4n) is 3.10. The van der Waals surface area contributed by atoms with Gasteiger partial charge in [-0.3, -0.25) is 4.79 Å². The van der Waals surface area contributed by atoms with E-state index in [0.717, 1.165) is 12.0 Å². The maximum absolute atomic E-state index is 12.4. The molecule has 0 heterocycles. The van der Waals surface area contributed by atoms with Crippen LogP contribution in [0.2, 0.25) is 0 Å². The average Bonchev–Trinajstić information content (AvgIpc) is 2.58. The molecule has 0 fully saturated rings. The van der Waals surface area contributed by atoms with Crippen molar-refractivity contribution in [3.8, 4) is 0 Å². The molecule has 2 rings (SSSR count). The zero-order valence-corrected chi connectivity index (χ0v) is 16.9. The van der Waals surface area contributed by atoms with Crippen molar-refractivity contribution < 1.29 is 4.79 Å². The van der Waals surface area contributed by atoms with Gasteiger partial charge in [0.1, 0.15) is 0 Å². The van der Waals surface area contributed by atoms with Crippen molar-refractivity contribution in [2.24, 2.45) is 0 Å². The molecular weight excluding hydrogens is 318 g/mol. The van der Waals surface area contributed by atoms with Crippen LogP contribution in [-0.4, -0.2) is 5.91 Å². The van der Waals surface area contributed by atoms with Crippen molar-refractivity contribution in [1.82, 2.24) is 5.32 Å². The molecule has 0 saturated heterocycles. The number of carbonyl (C=O) groups is 1. The van der Waals surface area contributed by atoms with E-state index in [4.69, 9.17) is 0 Å². The third-order valence-corrected chi connectivity index (χ3v) is 4.73. The lowest BCUT2D eigenvalue weighted by Gasteiger charge is -2.19. The summed E-state index contributed by atoms with van der Waals surface area (Å²) in [5.41, 5.74) is 6.12. The van der Waals surface area contributed by atoms with Crippen molar-refractivity contribution in [1.29, 1.82) is 0 Å². The Balaban J connectivity index is 2.05. The molecule has 1 amide bonds. The van der Waals surface area contributed by atoms with Crippen molar-refractivity contribution in [3.05, 3.63) is 76.4 Å². The Labute approximate surface area is 158 Å². The lowest BCUT2D eigenvalue weighted by molar-refractivity contribution is -0.117. The molecule has 138 valence electrons. The smallest absolute Gasteiger partial charge is 0.244 e. The third-order valence-electron chi connectivity index (χ3n) is 4.73. The second-order valence-electron chi connectivity index (χ2n) is 8.03. The predicted molar refractivity (Wildman–Crippen MR) is 111 cm³/mol. The number of hydrogen-bond donors (Lipinski definition) is 1. The standard InChI is InChI=1S/C24H31NO/c1-7-22(21-14-8-17(2)16-18(21)3)25-23(26)15-11-19-9-12-20(13-10-19)24(4,5)6/h8-16,22H,7H2,1-6H3,(H,25,26)/b15-11+. The summed E-state index contributed by atoms with van der Waals surface area (Å²) in [5.74, 6) is -0.0586. The molecule has 26 heavy (non-hydrogen) atoms. The van der Waals surface area contributed by atoms with E-state index in [2.05, 4.69) is 89.3 Å². The van der Waals surface area contributed by atoms with Crippen LogP contribution in [0.15, 0.2) is 48.5 Å². The van der Waals surface area contributed by atoms with Crippen LogP contribution >= 0.6 is 0 Å². The van der Waals surface area contributed by atoms with Crippen LogP contribution in [0.3, 0.4) is 0 Å². The molecule has 0 bridgehead atoms. The molecule has 1 unspecified atom stereocenters. The number of carbonyl (C=O) groups excluding carboxylic acids is 1. The van der Waals surface area contributed by atoms with Gasteiger partial charge in [0.2, 0.25) is 5.91 Å². The summed E-state index contributed by atoms with van der Waals surface area (Å²) in [6, 6.07) is 14.8. The van der Waals surface area contributed by atoms with E-state index in [1.807, 2.05) is 6.08 Å². The minimum Gasteiger partial charge on any atom is -0.346 e. The topological polar surface area (TPSA) is 29.1 Å². The van der Waals surface area contributed by atoms with Gasteiger partial charge in [-0.2, -0.15) is 0 Å². The monoisotopic (exact) mass is 349 g/mol. The Morgan fingerprint density at radius 1 is 1.08 bits per heavy atom. The first-order valence-corrected chi connectivity index (χ1v) is 9.37. The quantitative estimate of drug-likeness (QED) is 0.671. The molecule has 0 aliphatic rings. The van der Waals surface area contributed by atoms with E-state index >= 15 is 0 Å². The number of rotatable bonds is 5. The molecule has 1 atom stereocenters. The largest absolute Gasteiger partial charge is 0.346 e. The minimum absolute atomic E-state index is 0.0380. The summed E-state index contributed by atoms with van der Waals surface area (Å²) in [6.07, 6.45) is 4.36. The second-order valence-corrected chi connectivity index (χ2v) is 8.03. The number of aryl methyl sites for hydroxylation is 2. The fourth-order valence-corrected chi connectivity index (χ4v) is 3.10. The molecule has 0 aromatic heterocycles. The van der Waals surface area contributed by atoms with Gasteiger partial charge in [0, 0.05) is 6.08 Å². The van der Waals surface area contributed by atoms with Crippen molar-refractivity contribution in [2.45, 2.75) is 59.4 Å². The van der Waals surface area contributed by atoms with Crippen LogP contribution in [0.1, 0.15) is 68.0 Å². The predicted octanol–water partition coefficient (Wildman–Crippen LogP) is 5.88. The molecule has 2 nitrogen and oxygen atoms in total. The highest BCUT2D eigenvalue weighted by atomic mass is 16.1. The Hall–Kier alpha value is -2.35. The van der Waals surface area contributed by atoms with E-state index in [1.54, 1.807) is 6.08 Å². The first-order valence-electron chi connectivity index (χ1n) is 9.37. The number of hydrogen-bond acceptors (Lipinski definition) is 1. The second kappa shape index (κ2) is 8.35. The molecule has 2 aromatic carbocycles. The van der Waals surface area contributed by atoms with Gasteiger partial charge >= 0.3 is 0 Å². The highest BCUT2D eigenvalue weighted by molar-refractivity contribution is 5.92. The Morgan fingerprint density at radius 2 is 1.73 bits per heavy atom. The molecule has 0 aliphatic carbocycles. The first kappa shape index (κ1) is 20.0. The van der Waals surface area contributed by atoms with Gasteiger partial charge in [0.05, 0.1) is 6.04 Å². The van der Waals surface area contributed by atoms with Gasteiger partial charge in [0.15, 0.2) is 0 Å². The van der Waals surface area contributed by atoms with Crippen LogP contribution in [-0.2, 0) is 10.2 Å². The van der Waals surface area contributed by atoms with Gasteiger partial charge < -0.3 is 5.32 Å². The van der Waals surface area contributed by atoms with Gasteiger partial charge in [-0.25, -0.2) is 0 Å². The number of benzene rings is 2. The first-order chi connectivity index (χ1) is 12.2. The fraction of sp³-hybridized carbons (Fsp3) is 0.375. The Morgan fingerprint density at radius 3 is 2.27 bits per heavy atom. The summed E-state index contributed by atoms with van der Waals surface area (Å²) < 4.78 is 0. The normalized spacial score (nSPS) is 13.0. The van der Waals surface area contributed by atoms with Crippen LogP contribution in [0.4, 0.5) is 0 Å². The lowest BCUT2D eigenvalue weighted by atomic mass is 9.87. The average molecular weight is 350 g/mol. The number of amides is 1. The Kier molecular flexibility index (Phi) is 6.42. The van der Waals surface area contributed by atoms with E-state index in [9.17, 15) is 4.79 Å². The third kappa shape index (κ3) is 5.32. The zero-order valence-electron chi connectivity index (χ0n) is 16.9. The van der Waals surface area contributed by atoms with Gasteiger partial charge in [0.25, 0.3) is 0 Å². The van der Waals surface area contributed by atoms with Crippen molar-refractivity contribution in [2.75, 3.05) is 0 Å². The zero-order chi connectivity index (χ0) is 19.3. The highest BCUT2D eigenvalue weighted by Crippen LogP contribution is 2.23. The molecule has 0 radical (unpaired) electrons. The van der Waals surface area contributed by atoms with Gasteiger partial charge in [-0.05, 0) is 54.0 Å². The summed E-state index contributed by atoms with van der Waals surface area (Å²) >= 11 is 0. The maximum Gasteiger partial charge on any atom is 0.244 e. The molecule has 2 heteroatoms. The molecular formula is C24H31NO. The van der Waals surface area contributed by atoms with E-state index in [0.29, 0.717) is 0 Å². The minimum atomic E-state index is -0.0586. The van der Waals surface area contributed by atoms with Crippen molar-refractivity contribution in [3.63, 3.8) is 0 Å². The van der Waals surface area contributed by atoms with Crippen LogP contribution in [0.5, 0.6) is 0 Å². The SMILES string of the molecule is CCC(NC(=O)/C=C/c1ccc(C(C)(C)C)cc1)c1ccc(C)cc1C. The lowest BCUT2D eigenvalue weighted by Crippen LogP contribution is -2.26. The summed E-state index contributed by atoms with van der Waals surface area (Å²) in [6.45, 7) is 12.9. The number of nitrogens with one attached hydrogen (secondary N) is 1. The molecule has 0 aliphatic heterocycles. The molecule has 0 spiro atoms. The Bertz CT molecular complexity index is 779. The van der Waals surface area contributed by atoms with Crippen LogP contribution in [0, 0.1) is 13.8 Å². The van der Waals surface area contributed by atoms with Crippen LogP contribution < -0.4 is 5.32 Å². The van der Waals surface area contributed by atoms with E-state index < -0.39 is 0 Å². The molecule has 1 N–H and O–H groups in total. The van der Waals surface area contributed by atoms with Gasteiger partial charge in [-0.15, -0.1) is 0 Å². The maximum atomic E-state index is 12.4. The van der Waals surface area contributed by atoms with E-state index in [-0.39, 0.29) is 17.4 Å². The highest BCUT2D eigenvalue weighted by Gasteiger charge is 2.14. The summed E-state index contributed by atoms with van der Waals surface area (Å²) in [4.78, 5) is 12.4. The van der Waals surface area contributed by atoms with E-state index in [1.165, 1.54) is 22.3 Å². The van der Waals surface area contributed by atoms with Crippen molar-refractivity contribution >= 4 is 12.0 Å². The van der Waals surface area contributed by atoms with Crippen LogP contribution in [0.25, 0.3) is 6.08 Å². The summed E-state index contributed by atoms with van der Waals surface area (Å²) in [7, 11) is 0. The molecule has 2 aromatic rings.